The second-order valence-corrected chi connectivity index (χ2v) is 6.09. The van der Waals surface area contributed by atoms with Crippen molar-refractivity contribution in [1.29, 1.82) is 0 Å². The maximum absolute atomic E-state index is 12.7. The van der Waals surface area contributed by atoms with Gasteiger partial charge in [0.2, 0.25) is 5.91 Å². The van der Waals surface area contributed by atoms with E-state index in [1.807, 2.05) is 30.3 Å². The fraction of sp³-hybridized carbons (Fsp3) is 0.0909. The van der Waals surface area contributed by atoms with Crippen LogP contribution in [0, 0.1) is 0 Å². The van der Waals surface area contributed by atoms with Crippen molar-refractivity contribution in [3.05, 3.63) is 89.6 Å². The van der Waals surface area contributed by atoms with Gasteiger partial charge in [-0.1, -0.05) is 49.1 Å². The van der Waals surface area contributed by atoms with Gasteiger partial charge in [-0.2, -0.15) is 13.2 Å². The molecule has 1 heterocycles. The van der Waals surface area contributed by atoms with E-state index in [1.165, 1.54) is 18.2 Å². The monoisotopic (exact) mass is 382 g/mol. The SMILES string of the molecule is C=CC(=O)NCc1ccc(C=Cc2ccc(C(F)(F)F)cc2)c2ncccc12. The molecule has 1 amide bonds. The summed E-state index contributed by atoms with van der Waals surface area (Å²) in [4.78, 5) is 15.8. The van der Waals surface area contributed by atoms with E-state index < -0.39 is 11.7 Å². The second kappa shape index (κ2) is 8.08. The van der Waals surface area contributed by atoms with Gasteiger partial charge in [0.05, 0.1) is 11.1 Å². The van der Waals surface area contributed by atoms with Gasteiger partial charge in [0, 0.05) is 23.7 Å². The summed E-state index contributed by atoms with van der Waals surface area (Å²) in [6.07, 6.45) is 2.08. The lowest BCUT2D eigenvalue weighted by Gasteiger charge is -2.09. The lowest BCUT2D eigenvalue weighted by atomic mass is 10.0. The Hall–Kier alpha value is -3.41. The number of alkyl halides is 3. The lowest BCUT2D eigenvalue weighted by Crippen LogP contribution is -2.20. The Labute approximate surface area is 160 Å². The molecular formula is C22H17F3N2O. The number of hydrogen-bond acceptors (Lipinski definition) is 2. The Morgan fingerprint density at radius 3 is 2.50 bits per heavy atom. The second-order valence-electron chi connectivity index (χ2n) is 6.09. The lowest BCUT2D eigenvalue weighted by molar-refractivity contribution is -0.137. The molecule has 6 heteroatoms. The third-order valence-electron chi connectivity index (χ3n) is 4.22. The summed E-state index contributed by atoms with van der Waals surface area (Å²) in [5.74, 6) is -0.261. The summed E-state index contributed by atoms with van der Waals surface area (Å²) in [7, 11) is 0. The molecule has 3 aromatic rings. The zero-order valence-corrected chi connectivity index (χ0v) is 14.8. The van der Waals surface area contributed by atoms with Gasteiger partial charge >= 0.3 is 6.18 Å². The van der Waals surface area contributed by atoms with E-state index >= 15 is 0 Å². The molecule has 0 spiro atoms. The Kier molecular flexibility index (Phi) is 5.59. The summed E-state index contributed by atoms with van der Waals surface area (Å²) in [6.45, 7) is 3.77. The van der Waals surface area contributed by atoms with Crippen molar-refractivity contribution in [3.8, 4) is 0 Å². The van der Waals surface area contributed by atoms with Crippen LogP contribution in [0.1, 0.15) is 22.3 Å². The molecule has 0 saturated heterocycles. The van der Waals surface area contributed by atoms with E-state index in [2.05, 4.69) is 16.9 Å². The van der Waals surface area contributed by atoms with Crippen LogP contribution in [-0.2, 0) is 17.5 Å². The molecule has 0 bridgehead atoms. The van der Waals surface area contributed by atoms with Crippen LogP contribution in [0.3, 0.4) is 0 Å². The summed E-state index contributed by atoms with van der Waals surface area (Å²) < 4.78 is 38.0. The number of nitrogens with one attached hydrogen (secondary N) is 1. The molecule has 0 aliphatic carbocycles. The highest BCUT2D eigenvalue weighted by Crippen LogP contribution is 2.29. The molecule has 0 atom stereocenters. The minimum Gasteiger partial charge on any atom is -0.348 e. The smallest absolute Gasteiger partial charge is 0.348 e. The molecule has 0 unspecified atom stereocenters. The molecule has 0 aliphatic rings. The number of carbonyl (C=O) groups excluding carboxylic acids is 1. The largest absolute Gasteiger partial charge is 0.416 e. The van der Waals surface area contributed by atoms with Crippen molar-refractivity contribution in [1.82, 2.24) is 10.3 Å². The average molecular weight is 382 g/mol. The molecule has 2 aromatic carbocycles. The Balaban J connectivity index is 1.88. The first kappa shape index (κ1) is 19.4. The van der Waals surface area contributed by atoms with Crippen molar-refractivity contribution in [2.75, 3.05) is 0 Å². The Morgan fingerprint density at radius 2 is 1.82 bits per heavy atom. The molecule has 28 heavy (non-hydrogen) atoms. The normalized spacial score (nSPS) is 11.7. The van der Waals surface area contributed by atoms with Crippen LogP contribution in [0.25, 0.3) is 23.1 Å². The van der Waals surface area contributed by atoms with E-state index in [0.717, 1.165) is 34.2 Å². The number of fused-ring (bicyclic) bond motifs is 1. The van der Waals surface area contributed by atoms with Crippen LogP contribution < -0.4 is 5.32 Å². The van der Waals surface area contributed by atoms with Crippen LogP contribution in [0.2, 0.25) is 0 Å². The van der Waals surface area contributed by atoms with Crippen molar-refractivity contribution in [2.24, 2.45) is 0 Å². The number of carbonyl (C=O) groups is 1. The molecular weight excluding hydrogens is 365 g/mol. The number of benzene rings is 2. The standard InChI is InChI=1S/C22H17F3N2O/c1-2-20(28)27-14-17-10-9-16(21-19(17)4-3-13-26-21)8-5-15-6-11-18(12-7-15)22(23,24)25/h2-13H,1,14H2,(H,27,28). The van der Waals surface area contributed by atoms with E-state index in [-0.39, 0.29) is 5.91 Å². The maximum atomic E-state index is 12.7. The highest BCUT2D eigenvalue weighted by molar-refractivity contribution is 5.92. The molecule has 0 aliphatic heterocycles. The fourth-order valence-corrected chi connectivity index (χ4v) is 2.77. The molecule has 1 aromatic heterocycles. The van der Waals surface area contributed by atoms with Crippen LogP contribution >= 0.6 is 0 Å². The van der Waals surface area contributed by atoms with Crippen molar-refractivity contribution < 1.29 is 18.0 Å². The number of aromatic nitrogens is 1. The summed E-state index contributed by atoms with van der Waals surface area (Å²) in [5.41, 5.74) is 2.46. The molecule has 142 valence electrons. The highest BCUT2D eigenvalue weighted by atomic mass is 19.4. The molecule has 1 N–H and O–H groups in total. The molecule has 0 saturated carbocycles. The minimum atomic E-state index is -4.35. The third kappa shape index (κ3) is 4.46. The Morgan fingerprint density at radius 1 is 1.07 bits per heavy atom. The number of pyridine rings is 1. The topological polar surface area (TPSA) is 42.0 Å². The first-order valence-electron chi connectivity index (χ1n) is 8.50. The van der Waals surface area contributed by atoms with Gasteiger partial charge in [-0.25, -0.2) is 0 Å². The van der Waals surface area contributed by atoms with Gasteiger partial charge in [-0.15, -0.1) is 0 Å². The van der Waals surface area contributed by atoms with E-state index in [0.29, 0.717) is 12.1 Å². The van der Waals surface area contributed by atoms with Crippen LogP contribution in [0.15, 0.2) is 67.4 Å². The van der Waals surface area contributed by atoms with Gasteiger partial charge < -0.3 is 5.32 Å². The van der Waals surface area contributed by atoms with Crippen LogP contribution in [0.4, 0.5) is 13.2 Å². The minimum absolute atomic E-state index is 0.261. The average Bonchev–Trinajstić information content (AvgIpc) is 2.70. The molecule has 0 radical (unpaired) electrons. The van der Waals surface area contributed by atoms with E-state index in [1.54, 1.807) is 12.3 Å². The zero-order chi connectivity index (χ0) is 20.1. The molecule has 3 rings (SSSR count). The molecule has 0 fully saturated rings. The number of rotatable bonds is 5. The van der Waals surface area contributed by atoms with Crippen LogP contribution in [-0.4, -0.2) is 10.9 Å². The highest BCUT2D eigenvalue weighted by Gasteiger charge is 2.29. The fourth-order valence-electron chi connectivity index (χ4n) is 2.77. The Bertz CT molecular complexity index is 1040. The first-order chi connectivity index (χ1) is 13.4. The zero-order valence-electron chi connectivity index (χ0n) is 14.8. The summed E-state index contributed by atoms with van der Waals surface area (Å²) in [6, 6.07) is 12.4. The van der Waals surface area contributed by atoms with Gasteiger partial charge in [-0.3, -0.25) is 9.78 Å². The van der Waals surface area contributed by atoms with Gasteiger partial charge in [0.1, 0.15) is 0 Å². The van der Waals surface area contributed by atoms with Crippen molar-refractivity contribution >= 4 is 29.0 Å². The number of amides is 1. The summed E-state index contributed by atoms with van der Waals surface area (Å²) >= 11 is 0. The predicted molar refractivity (Wildman–Crippen MR) is 104 cm³/mol. The van der Waals surface area contributed by atoms with E-state index in [9.17, 15) is 18.0 Å². The quantitative estimate of drug-likeness (QED) is 0.485. The van der Waals surface area contributed by atoms with Crippen molar-refractivity contribution in [2.45, 2.75) is 12.7 Å². The number of nitrogens with zero attached hydrogens (tertiary/aromatic N) is 1. The van der Waals surface area contributed by atoms with E-state index in [4.69, 9.17) is 0 Å². The maximum Gasteiger partial charge on any atom is 0.416 e. The first-order valence-corrected chi connectivity index (χ1v) is 8.50. The molecule has 3 nitrogen and oxygen atoms in total. The number of hydrogen-bond donors (Lipinski definition) is 1. The predicted octanol–water partition coefficient (Wildman–Crippen LogP) is 5.23. The third-order valence-corrected chi connectivity index (χ3v) is 4.22. The number of halogens is 3. The van der Waals surface area contributed by atoms with Gasteiger partial charge in [0.15, 0.2) is 0 Å². The van der Waals surface area contributed by atoms with Crippen LogP contribution in [0.5, 0.6) is 0 Å². The van der Waals surface area contributed by atoms with Gasteiger partial charge in [0.25, 0.3) is 0 Å². The summed E-state index contributed by atoms with van der Waals surface area (Å²) in [5, 5.41) is 3.63. The van der Waals surface area contributed by atoms with Gasteiger partial charge in [-0.05, 0) is 35.4 Å². The van der Waals surface area contributed by atoms with Crippen molar-refractivity contribution in [3.63, 3.8) is 0 Å².